The number of anilines is 1. The number of benzene rings is 1. The third kappa shape index (κ3) is 3.00. The average molecular weight is 231 g/mol. The Labute approximate surface area is 101 Å². The van der Waals surface area contributed by atoms with Crippen molar-refractivity contribution in [1.82, 2.24) is 9.55 Å². The second-order valence-electron chi connectivity index (χ2n) is 3.81. The van der Waals surface area contributed by atoms with E-state index in [9.17, 15) is 0 Å². The van der Waals surface area contributed by atoms with Gasteiger partial charge in [-0.2, -0.15) is 0 Å². The molecule has 1 heterocycles. The number of rotatable bonds is 5. The zero-order chi connectivity index (χ0) is 12.1. The third-order valence-electron chi connectivity index (χ3n) is 2.54. The minimum Gasteiger partial charge on any atom is -0.494 e. The highest BCUT2D eigenvalue weighted by molar-refractivity contribution is 5.48. The molecule has 1 aromatic heterocycles. The van der Waals surface area contributed by atoms with Gasteiger partial charge in [-0.05, 0) is 19.1 Å². The molecule has 2 aromatic rings. The van der Waals surface area contributed by atoms with Crippen molar-refractivity contribution in [3.8, 4) is 5.75 Å². The van der Waals surface area contributed by atoms with Gasteiger partial charge >= 0.3 is 0 Å². The lowest BCUT2D eigenvalue weighted by molar-refractivity contribution is 0.340. The predicted molar refractivity (Wildman–Crippen MR) is 68.1 cm³/mol. The topological polar surface area (TPSA) is 39.1 Å². The SMILES string of the molecule is CCOc1cccc(NCc2cncn2C)c1. The van der Waals surface area contributed by atoms with Gasteiger partial charge in [0.15, 0.2) is 0 Å². The summed E-state index contributed by atoms with van der Waals surface area (Å²) in [6, 6.07) is 7.97. The van der Waals surface area contributed by atoms with Crippen molar-refractivity contribution in [3.63, 3.8) is 0 Å². The second kappa shape index (κ2) is 5.39. The fourth-order valence-electron chi connectivity index (χ4n) is 1.61. The van der Waals surface area contributed by atoms with Gasteiger partial charge in [0.2, 0.25) is 0 Å². The lowest BCUT2D eigenvalue weighted by atomic mass is 10.3. The van der Waals surface area contributed by atoms with Gasteiger partial charge in [-0.15, -0.1) is 0 Å². The molecular formula is C13H17N3O. The van der Waals surface area contributed by atoms with Crippen LogP contribution in [0.2, 0.25) is 0 Å². The lowest BCUT2D eigenvalue weighted by Gasteiger charge is -2.09. The first-order chi connectivity index (χ1) is 8.29. The molecule has 4 nitrogen and oxygen atoms in total. The van der Waals surface area contributed by atoms with Crippen molar-refractivity contribution in [2.24, 2.45) is 7.05 Å². The van der Waals surface area contributed by atoms with Gasteiger partial charge in [0.1, 0.15) is 5.75 Å². The Hall–Kier alpha value is -1.97. The monoisotopic (exact) mass is 231 g/mol. The number of hydrogen-bond acceptors (Lipinski definition) is 3. The first-order valence-corrected chi connectivity index (χ1v) is 5.71. The largest absolute Gasteiger partial charge is 0.494 e. The molecule has 4 heteroatoms. The number of aromatic nitrogens is 2. The molecule has 0 amide bonds. The van der Waals surface area contributed by atoms with Crippen LogP contribution in [0.1, 0.15) is 12.6 Å². The van der Waals surface area contributed by atoms with Crippen molar-refractivity contribution in [1.29, 1.82) is 0 Å². The minimum atomic E-state index is 0.686. The van der Waals surface area contributed by atoms with Crippen molar-refractivity contribution in [3.05, 3.63) is 42.5 Å². The highest BCUT2D eigenvalue weighted by atomic mass is 16.5. The molecule has 0 bridgehead atoms. The number of aryl methyl sites for hydroxylation is 1. The highest BCUT2D eigenvalue weighted by Gasteiger charge is 1.99. The Morgan fingerprint density at radius 2 is 2.29 bits per heavy atom. The molecule has 0 spiro atoms. The number of imidazole rings is 1. The maximum Gasteiger partial charge on any atom is 0.121 e. The van der Waals surface area contributed by atoms with Crippen LogP contribution in [0.15, 0.2) is 36.8 Å². The number of hydrogen-bond donors (Lipinski definition) is 1. The van der Waals surface area contributed by atoms with E-state index >= 15 is 0 Å². The molecule has 0 saturated heterocycles. The van der Waals surface area contributed by atoms with Crippen LogP contribution in [0.3, 0.4) is 0 Å². The third-order valence-corrected chi connectivity index (χ3v) is 2.54. The van der Waals surface area contributed by atoms with E-state index < -0.39 is 0 Å². The Balaban J connectivity index is 1.99. The van der Waals surface area contributed by atoms with Gasteiger partial charge < -0.3 is 14.6 Å². The molecule has 17 heavy (non-hydrogen) atoms. The Morgan fingerprint density at radius 1 is 1.41 bits per heavy atom. The van der Waals surface area contributed by atoms with Gasteiger partial charge in [0.05, 0.1) is 25.2 Å². The quantitative estimate of drug-likeness (QED) is 0.859. The zero-order valence-electron chi connectivity index (χ0n) is 10.2. The molecule has 0 aliphatic carbocycles. The second-order valence-corrected chi connectivity index (χ2v) is 3.81. The smallest absolute Gasteiger partial charge is 0.121 e. The molecule has 0 aliphatic heterocycles. The maximum absolute atomic E-state index is 5.45. The Morgan fingerprint density at radius 3 is 3.00 bits per heavy atom. The van der Waals surface area contributed by atoms with Gasteiger partial charge in [-0.3, -0.25) is 0 Å². The van der Waals surface area contributed by atoms with Crippen LogP contribution in [0.25, 0.3) is 0 Å². The summed E-state index contributed by atoms with van der Waals surface area (Å²) in [4.78, 5) is 4.08. The predicted octanol–water partition coefficient (Wildman–Crippen LogP) is 2.43. The number of nitrogens with zero attached hydrogens (tertiary/aromatic N) is 2. The van der Waals surface area contributed by atoms with Crippen LogP contribution >= 0.6 is 0 Å². The molecule has 0 saturated carbocycles. The Bertz CT molecular complexity index is 479. The minimum absolute atomic E-state index is 0.686. The van der Waals surface area contributed by atoms with E-state index in [1.165, 1.54) is 0 Å². The summed E-state index contributed by atoms with van der Waals surface area (Å²) in [7, 11) is 1.99. The molecule has 0 radical (unpaired) electrons. The van der Waals surface area contributed by atoms with Crippen LogP contribution in [0, 0.1) is 0 Å². The van der Waals surface area contributed by atoms with E-state index in [1.54, 1.807) is 6.33 Å². The summed E-state index contributed by atoms with van der Waals surface area (Å²) in [5, 5.41) is 3.35. The van der Waals surface area contributed by atoms with Crippen molar-refractivity contribution >= 4 is 5.69 Å². The molecule has 0 unspecified atom stereocenters. The Kier molecular flexibility index (Phi) is 3.65. The summed E-state index contributed by atoms with van der Waals surface area (Å²) in [6.45, 7) is 3.42. The molecule has 0 fully saturated rings. The zero-order valence-corrected chi connectivity index (χ0v) is 10.2. The van der Waals surface area contributed by atoms with E-state index in [-0.39, 0.29) is 0 Å². The highest BCUT2D eigenvalue weighted by Crippen LogP contribution is 2.17. The molecule has 0 aliphatic rings. The fraction of sp³-hybridized carbons (Fsp3) is 0.308. The van der Waals surface area contributed by atoms with E-state index in [4.69, 9.17) is 4.74 Å². The van der Waals surface area contributed by atoms with Crippen LogP contribution in [-0.4, -0.2) is 16.2 Å². The van der Waals surface area contributed by atoms with E-state index in [0.29, 0.717) is 6.61 Å². The molecule has 0 atom stereocenters. The summed E-state index contributed by atoms with van der Waals surface area (Å²) >= 11 is 0. The van der Waals surface area contributed by atoms with Gasteiger partial charge in [-0.25, -0.2) is 4.98 Å². The van der Waals surface area contributed by atoms with E-state index in [1.807, 2.05) is 49.0 Å². The van der Waals surface area contributed by atoms with E-state index in [2.05, 4.69) is 10.3 Å². The van der Waals surface area contributed by atoms with Gasteiger partial charge in [0, 0.05) is 25.0 Å². The molecule has 1 N–H and O–H groups in total. The molecule has 90 valence electrons. The summed E-state index contributed by atoms with van der Waals surface area (Å²) in [6.07, 6.45) is 3.66. The summed E-state index contributed by atoms with van der Waals surface area (Å²) < 4.78 is 7.45. The summed E-state index contributed by atoms with van der Waals surface area (Å²) in [5.41, 5.74) is 2.20. The lowest BCUT2D eigenvalue weighted by Crippen LogP contribution is -2.04. The van der Waals surface area contributed by atoms with Crippen LogP contribution in [-0.2, 0) is 13.6 Å². The fourth-order valence-corrected chi connectivity index (χ4v) is 1.61. The van der Waals surface area contributed by atoms with Gasteiger partial charge in [-0.1, -0.05) is 6.07 Å². The standard InChI is InChI=1S/C13H17N3O/c1-3-17-13-6-4-5-11(7-13)15-9-12-8-14-10-16(12)2/h4-8,10,15H,3,9H2,1-2H3. The van der Waals surface area contributed by atoms with Crippen LogP contribution < -0.4 is 10.1 Å². The first kappa shape index (κ1) is 11.5. The van der Waals surface area contributed by atoms with E-state index in [0.717, 1.165) is 23.7 Å². The molecule has 1 aromatic carbocycles. The van der Waals surface area contributed by atoms with Crippen LogP contribution in [0.5, 0.6) is 5.75 Å². The van der Waals surface area contributed by atoms with Crippen molar-refractivity contribution in [2.45, 2.75) is 13.5 Å². The number of ether oxygens (including phenoxy) is 1. The summed E-state index contributed by atoms with van der Waals surface area (Å²) in [5.74, 6) is 0.891. The van der Waals surface area contributed by atoms with Gasteiger partial charge in [0.25, 0.3) is 0 Å². The normalized spacial score (nSPS) is 10.2. The molecular weight excluding hydrogens is 214 g/mol. The number of nitrogens with one attached hydrogen (secondary N) is 1. The molecule has 2 rings (SSSR count). The van der Waals surface area contributed by atoms with Crippen molar-refractivity contribution in [2.75, 3.05) is 11.9 Å². The first-order valence-electron chi connectivity index (χ1n) is 5.71. The maximum atomic E-state index is 5.45. The van der Waals surface area contributed by atoms with Crippen LogP contribution in [0.4, 0.5) is 5.69 Å². The average Bonchev–Trinajstić information content (AvgIpc) is 2.73. The van der Waals surface area contributed by atoms with Crippen molar-refractivity contribution < 1.29 is 4.74 Å².